The molecule has 0 radical (unpaired) electrons. The molecule has 0 aliphatic heterocycles. The maximum absolute atomic E-state index is 10.1. The topological polar surface area (TPSA) is 199 Å². The smallest absolute Gasteiger partial charge is 1.00 e. The molecule has 0 aromatic heterocycles. The van der Waals surface area contributed by atoms with E-state index in [1.165, 1.54) is 0 Å². The average molecular weight is 1420 g/mol. The fourth-order valence-electron chi connectivity index (χ4n) is 0.959. The molecule has 240 valence electrons. The van der Waals surface area contributed by atoms with Crippen LogP contribution in [-0.2, 0) is 115 Å². The molecule has 0 atom stereocenters. The number of rotatable bonds is 8. The first-order valence-corrected chi connectivity index (χ1v) is 9.99. The van der Waals surface area contributed by atoms with Gasteiger partial charge in [-0.15, -0.1) is 0 Å². The molecule has 0 heterocycles. The molecule has 0 spiro atoms. The summed E-state index contributed by atoms with van der Waals surface area (Å²) in [7, 11) is 0. The van der Waals surface area contributed by atoms with Gasteiger partial charge in [0.1, 0.15) is 0 Å². The van der Waals surface area contributed by atoms with Crippen LogP contribution in [0.25, 0.3) is 0 Å². The molecule has 42 heavy (non-hydrogen) atoms. The Kier molecular flexibility index (Phi) is 181. The number of carbonyl (C=O) groups is 4. The predicted octanol–water partition coefficient (Wildman–Crippen LogP) is -2.37. The molecule has 0 fully saturated rings. The molecule has 0 bridgehead atoms. The van der Waals surface area contributed by atoms with Crippen molar-refractivity contribution in [3.05, 3.63) is 90.0 Å². The van der Waals surface area contributed by atoms with Gasteiger partial charge in [-0.05, 0) is 5.56 Å². The van der Waals surface area contributed by atoms with Crippen LogP contribution in [-0.4, -0.2) is 67.7 Å². The largest absolute Gasteiger partial charge is 2.00 e. The number of hydrogen-bond acceptors (Lipinski definition) is 7. The second-order valence-corrected chi connectivity index (χ2v) is 4.13. The molecule has 0 saturated heterocycles. The Hall–Kier alpha value is 1.58. The predicted molar refractivity (Wildman–Crippen MR) is 138 cm³/mol. The average Bonchev–Trinajstić information content (AvgIpc) is 2.87. The van der Waals surface area contributed by atoms with E-state index in [2.05, 4.69) is 34.6 Å². The summed E-state index contributed by atoms with van der Waals surface area (Å²) in [6.07, 6.45) is 1.85. The molecular formula is C25H42IKO11W4. The van der Waals surface area contributed by atoms with Crippen LogP contribution in [0.3, 0.4) is 0 Å². The Morgan fingerprint density at radius 2 is 1.00 bits per heavy atom. The van der Waals surface area contributed by atoms with E-state index in [0.29, 0.717) is 6.61 Å². The van der Waals surface area contributed by atoms with Gasteiger partial charge >= 0.3 is 136 Å². The van der Waals surface area contributed by atoms with E-state index in [-0.39, 0.29) is 173 Å². The summed E-state index contributed by atoms with van der Waals surface area (Å²) < 4.78 is 5.09. The zero-order valence-corrected chi connectivity index (χ0v) is 41.5. The monoisotopic (exact) mass is 1420 g/mol. The van der Waals surface area contributed by atoms with Gasteiger partial charge in [0, 0.05) is 0 Å². The van der Waals surface area contributed by atoms with Crippen molar-refractivity contribution in [3.63, 3.8) is 0 Å². The number of benzene rings is 1. The maximum Gasteiger partial charge on any atom is 2.00 e. The number of aliphatic hydroxyl groups is 2. The third-order valence-corrected chi connectivity index (χ3v) is 1.86. The Morgan fingerprint density at radius 1 is 0.714 bits per heavy atom. The second kappa shape index (κ2) is 90.1. The quantitative estimate of drug-likeness (QED) is 0.0705. The van der Waals surface area contributed by atoms with E-state index in [1.54, 1.807) is 27.7 Å². The van der Waals surface area contributed by atoms with Crippen LogP contribution >= 0.6 is 0 Å². The van der Waals surface area contributed by atoms with Crippen molar-refractivity contribution in [2.24, 2.45) is 0 Å². The maximum atomic E-state index is 10.1. The molecular weight excluding hydrogens is 1380 g/mol. The Balaban J connectivity index is -0.0000000230. The molecule has 1 aromatic rings. The molecule has 0 amide bonds. The van der Waals surface area contributed by atoms with Crippen LogP contribution in [0.15, 0.2) is 30.3 Å². The van der Waals surface area contributed by atoms with Crippen LogP contribution in [0.4, 0.5) is 0 Å². The molecule has 0 aliphatic rings. The van der Waals surface area contributed by atoms with Gasteiger partial charge in [-0.25, -0.2) is 0 Å². The molecule has 11 nitrogen and oxygen atoms in total. The van der Waals surface area contributed by atoms with Crippen molar-refractivity contribution in [1.29, 1.82) is 0 Å². The van der Waals surface area contributed by atoms with Crippen molar-refractivity contribution >= 4 is 23.9 Å². The summed E-state index contributed by atoms with van der Waals surface area (Å²) in [4.78, 5) is 37.4. The number of aliphatic carboxylic acids is 4. The van der Waals surface area contributed by atoms with Crippen molar-refractivity contribution in [3.8, 4) is 0 Å². The molecule has 1 rings (SSSR count). The molecule has 0 saturated carbocycles. The van der Waals surface area contributed by atoms with Crippen LogP contribution in [0.2, 0.25) is 0 Å². The minimum atomic E-state index is -1.31. The number of halogens is 1. The molecule has 0 unspecified atom stereocenters. The zero-order chi connectivity index (χ0) is 30.4. The summed E-state index contributed by atoms with van der Waals surface area (Å²) in [5.41, 5.74) is 1.04. The van der Waals surface area contributed by atoms with Crippen LogP contribution in [0.5, 0.6) is 0 Å². The summed E-state index contributed by atoms with van der Waals surface area (Å²) in [5, 5.41) is 45.9. The van der Waals surface area contributed by atoms with E-state index >= 15 is 0 Å². The Labute approximate surface area is 370 Å². The van der Waals surface area contributed by atoms with Gasteiger partial charge in [-0.1, -0.05) is 43.5 Å². The van der Waals surface area contributed by atoms with Crippen LogP contribution < -0.4 is 75.4 Å². The molecule has 0 aliphatic carbocycles. The van der Waals surface area contributed by atoms with Gasteiger partial charge in [-0.3, -0.25) is 38.9 Å². The number of carboxylic acids is 4. The Bertz CT molecular complexity index is 577. The minimum absolute atomic E-state index is 0. The third kappa shape index (κ3) is 147. The van der Waals surface area contributed by atoms with Crippen molar-refractivity contribution in [2.45, 2.75) is 34.3 Å². The summed E-state index contributed by atoms with van der Waals surface area (Å²) >= 11 is 0. The van der Waals surface area contributed by atoms with E-state index in [1.807, 2.05) is 30.3 Å². The van der Waals surface area contributed by atoms with E-state index in [4.69, 9.17) is 45.0 Å². The molecule has 6 N–H and O–H groups in total. The summed E-state index contributed by atoms with van der Waals surface area (Å²) in [5.74, 6) is -4.43. The molecule has 17 heteroatoms. The fourth-order valence-corrected chi connectivity index (χ4v) is 0.959. The number of ether oxygens (including phenoxy) is 1. The van der Waals surface area contributed by atoms with E-state index < -0.39 is 30.5 Å². The minimum Gasteiger partial charge on any atom is -1.00 e. The van der Waals surface area contributed by atoms with Gasteiger partial charge in [0.2, 0.25) is 0 Å². The fraction of sp³-hybridized carbons (Fsp3) is 0.280. The van der Waals surface area contributed by atoms with Crippen LogP contribution in [0.1, 0.15) is 33.3 Å². The standard InChI is InChI=1S/C10H11O3.C3H5O3.C2H3O3.C2H3O2.4C2H5.HI.K.4W/c11-10(12)6-7-13-8-9-4-2-1-3-5-9;4-2-1-3(5)6;3-1-2(4)5;1-2(3)4;4*1-2;;;;;;/h1-6H,7-8H2,(H,11,12);1,4H,2H2,(H,5,6);1,3H,(H,4,5);1H2,(H,3,4);4*1H2,2H3;1H;;;;;/q8*-1;;+1;4*+2/p-1. The van der Waals surface area contributed by atoms with Gasteiger partial charge in [0.05, 0.1) is 6.61 Å². The normalized spacial score (nSPS) is 5.95. The first-order chi connectivity index (χ1) is 17.1. The summed E-state index contributed by atoms with van der Waals surface area (Å²) in [6, 6.07) is 9.62. The van der Waals surface area contributed by atoms with Gasteiger partial charge in [0.15, 0.2) is 23.9 Å². The molecule has 1 aromatic carbocycles. The number of hydrogen-bond donors (Lipinski definition) is 6. The number of aliphatic hydroxyl groups excluding tert-OH is 2. The summed E-state index contributed by atoms with van der Waals surface area (Å²) in [6.45, 7) is 22.8. The third-order valence-electron chi connectivity index (χ3n) is 1.86. The zero-order valence-electron chi connectivity index (χ0n) is 24.5. The van der Waals surface area contributed by atoms with Crippen molar-refractivity contribution in [1.82, 2.24) is 0 Å². The van der Waals surface area contributed by atoms with Gasteiger partial charge < -0.3 is 87.0 Å². The number of carboxylic acid groups (broad SMARTS) is 4. The van der Waals surface area contributed by atoms with E-state index in [9.17, 15) is 9.59 Å². The SMILES string of the molecule is O=C(O)[CH-]CO.O=C(O)[CH-]COCc1ccccc1.O=C(O)[CH-]O.[CH2-]C.[CH2-]C.[CH2-]C.[CH2-]C.[CH2-]C(=O)O.[I-].[K+].[W+2].[W+2].[W+2].[W+2]. The van der Waals surface area contributed by atoms with E-state index in [0.717, 1.165) is 18.4 Å². The first-order valence-electron chi connectivity index (χ1n) is 9.99. The van der Waals surface area contributed by atoms with Crippen LogP contribution in [0, 0.1) is 54.1 Å². The Morgan fingerprint density at radius 3 is 1.19 bits per heavy atom. The van der Waals surface area contributed by atoms with Crippen molar-refractivity contribution < 1.29 is 214 Å². The first kappa shape index (κ1) is 84.5. The van der Waals surface area contributed by atoms with Gasteiger partial charge in [-0.2, -0.15) is 34.3 Å². The van der Waals surface area contributed by atoms with Crippen molar-refractivity contribution in [2.75, 3.05) is 13.2 Å². The van der Waals surface area contributed by atoms with Gasteiger partial charge in [0.25, 0.3) is 0 Å². The second-order valence-electron chi connectivity index (χ2n) is 4.13.